The molecule has 2 aromatic carbocycles. The van der Waals surface area contributed by atoms with Crippen LogP contribution in [0.1, 0.15) is 12.5 Å². The zero-order valence-corrected chi connectivity index (χ0v) is 21.7. The molecule has 1 amide bonds. The Hall–Kier alpha value is -2.05. The highest BCUT2D eigenvalue weighted by atomic mass is 35.5. The summed E-state index contributed by atoms with van der Waals surface area (Å²) in [5.74, 6) is -4.09. The number of ether oxygens (including phenoxy) is 1. The molecule has 0 aliphatic carbocycles. The van der Waals surface area contributed by atoms with Gasteiger partial charge < -0.3 is 14.6 Å². The van der Waals surface area contributed by atoms with Crippen molar-refractivity contribution in [1.29, 1.82) is 0 Å². The van der Waals surface area contributed by atoms with E-state index in [-0.39, 0.29) is 33.3 Å². The highest BCUT2D eigenvalue weighted by Gasteiger charge is 2.40. The Labute approximate surface area is 223 Å². The van der Waals surface area contributed by atoms with Crippen molar-refractivity contribution >= 4 is 58.2 Å². The van der Waals surface area contributed by atoms with Crippen LogP contribution in [0.25, 0.3) is 11.4 Å². The summed E-state index contributed by atoms with van der Waals surface area (Å²) in [5.41, 5.74) is 1.43. The van der Waals surface area contributed by atoms with Crippen molar-refractivity contribution in [2.75, 3.05) is 17.7 Å². The fourth-order valence-corrected chi connectivity index (χ4v) is 4.39. The Balaban J connectivity index is 1.66. The number of amides is 1. The molecule has 194 valence electrons. The van der Waals surface area contributed by atoms with Crippen LogP contribution in [-0.4, -0.2) is 45.4 Å². The number of hydrogen-bond acceptors (Lipinski definition) is 5. The van der Waals surface area contributed by atoms with Gasteiger partial charge in [-0.2, -0.15) is 8.78 Å². The summed E-state index contributed by atoms with van der Waals surface area (Å²) in [7, 11) is 0. The van der Waals surface area contributed by atoms with E-state index < -0.39 is 19.0 Å². The van der Waals surface area contributed by atoms with E-state index in [0.717, 1.165) is 11.8 Å². The van der Waals surface area contributed by atoms with Gasteiger partial charge in [0.15, 0.2) is 11.0 Å². The topological polar surface area (TPSA) is 69.0 Å². The van der Waals surface area contributed by atoms with E-state index in [0.29, 0.717) is 34.3 Å². The minimum Gasteiger partial charge on any atom is -0.370 e. The van der Waals surface area contributed by atoms with E-state index >= 15 is 0 Å². The fraction of sp³-hybridized carbons (Fsp3) is 0.318. The summed E-state index contributed by atoms with van der Waals surface area (Å²) in [6.45, 7) is 0.671. The molecule has 0 atom stereocenters. The quantitative estimate of drug-likeness (QED) is 0.148. The van der Waals surface area contributed by atoms with Crippen LogP contribution in [0.5, 0.6) is 0 Å². The van der Waals surface area contributed by atoms with Gasteiger partial charge in [0, 0.05) is 12.1 Å². The predicted molar refractivity (Wildman–Crippen MR) is 133 cm³/mol. The van der Waals surface area contributed by atoms with Gasteiger partial charge in [0.1, 0.15) is 6.61 Å². The summed E-state index contributed by atoms with van der Waals surface area (Å²) >= 11 is 19.1. The number of halogens is 7. The van der Waals surface area contributed by atoms with E-state index in [9.17, 15) is 22.4 Å². The van der Waals surface area contributed by atoms with Gasteiger partial charge in [0.2, 0.25) is 5.91 Å². The average Bonchev–Trinajstić information content (AvgIpc) is 3.24. The molecule has 36 heavy (non-hydrogen) atoms. The van der Waals surface area contributed by atoms with Crippen molar-refractivity contribution in [2.45, 2.75) is 37.6 Å². The number of anilines is 1. The second-order valence-corrected chi connectivity index (χ2v) is 9.55. The van der Waals surface area contributed by atoms with Gasteiger partial charge >= 0.3 is 12.3 Å². The summed E-state index contributed by atoms with van der Waals surface area (Å²) in [6, 6.07) is 9.54. The SMILES string of the molecule is CCn1c(SCC(=O)Nc2cc(Cl)c(Cl)cc2Cl)nnc1-c1cccc(COCC(F)(F)C(F)F)c1. The first-order valence-corrected chi connectivity index (χ1v) is 12.5. The normalized spacial score (nSPS) is 11.8. The summed E-state index contributed by atoms with van der Waals surface area (Å²) in [6.07, 6.45) is -3.80. The van der Waals surface area contributed by atoms with Crippen LogP contribution >= 0.6 is 46.6 Å². The maximum atomic E-state index is 13.1. The molecular formula is C22H19Cl3F4N4O2S. The number of hydrogen-bond donors (Lipinski definition) is 1. The zero-order valence-electron chi connectivity index (χ0n) is 18.6. The lowest BCUT2D eigenvalue weighted by Gasteiger charge is -2.15. The van der Waals surface area contributed by atoms with Crippen molar-refractivity contribution < 1.29 is 27.1 Å². The van der Waals surface area contributed by atoms with E-state index in [4.69, 9.17) is 39.5 Å². The summed E-state index contributed by atoms with van der Waals surface area (Å²) in [4.78, 5) is 12.4. The number of nitrogens with one attached hydrogen (secondary N) is 1. The molecule has 3 aromatic rings. The molecule has 0 bridgehead atoms. The maximum Gasteiger partial charge on any atom is 0.330 e. The van der Waals surface area contributed by atoms with Crippen LogP contribution in [0.2, 0.25) is 15.1 Å². The molecule has 0 aliphatic heterocycles. The number of benzene rings is 2. The van der Waals surface area contributed by atoms with Gasteiger partial charge in [-0.3, -0.25) is 4.79 Å². The van der Waals surface area contributed by atoms with Crippen LogP contribution < -0.4 is 5.32 Å². The third kappa shape index (κ3) is 7.25. The van der Waals surface area contributed by atoms with Crippen molar-refractivity contribution in [2.24, 2.45) is 0 Å². The number of carbonyl (C=O) groups excluding carboxylic acids is 1. The van der Waals surface area contributed by atoms with Gasteiger partial charge in [0.25, 0.3) is 0 Å². The van der Waals surface area contributed by atoms with Crippen molar-refractivity contribution in [3.63, 3.8) is 0 Å². The molecule has 1 N–H and O–H groups in total. The zero-order chi connectivity index (χ0) is 26.5. The molecule has 0 radical (unpaired) electrons. The van der Waals surface area contributed by atoms with Crippen LogP contribution in [0, 0.1) is 0 Å². The first-order chi connectivity index (χ1) is 17.0. The average molecular weight is 586 g/mol. The number of carbonyl (C=O) groups is 1. The minimum absolute atomic E-state index is 0.000928. The molecule has 1 aromatic heterocycles. The lowest BCUT2D eigenvalue weighted by molar-refractivity contribution is -0.168. The monoisotopic (exact) mass is 584 g/mol. The Bertz CT molecular complexity index is 1230. The Morgan fingerprint density at radius 1 is 1.14 bits per heavy atom. The molecule has 0 saturated heterocycles. The Kier molecular flexibility index (Phi) is 9.87. The molecule has 6 nitrogen and oxygen atoms in total. The predicted octanol–water partition coefficient (Wildman–Crippen LogP) is 7.07. The van der Waals surface area contributed by atoms with E-state index in [1.807, 2.05) is 6.92 Å². The first-order valence-electron chi connectivity index (χ1n) is 10.3. The van der Waals surface area contributed by atoms with E-state index in [2.05, 4.69) is 15.5 Å². The first kappa shape index (κ1) is 28.5. The van der Waals surface area contributed by atoms with E-state index in [1.165, 1.54) is 12.1 Å². The standard InChI is InChI=1S/C22H19Cl3F4N4O2S/c1-2-33-19(13-5-3-4-12(6-13)9-35-11-22(28,29)20(26)27)31-32-21(33)36-10-18(34)30-17-8-15(24)14(23)7-16(17)25/h3-8,20H,2,9-11H2,1H3,(H,30,34). The van der Waals surface area contributed by atoms with Gasteiger partial charge in [-0.1, -0.05) is 64.8 Å². The van der Waals surface area contributed by atoms with Crippen molar-refractivity contribution in [3.05, 3.63) is 57.0 Å². The molecule has 1 heterocycles. The van der Waals surface area contributed by atoms with E-state index in [1.54, 1.807) is 28.8 Å². The third-order valence-corrected chi connectivity index (χ3v) is 6.72. The number of rotatable bonds is 11. The lowest BCUT2D eigenvalue weighted by Crippen LogP contribution is -2.32. The second kappa shape index (κ2) is 12.5. The molecular weight excluding hydrogens is 567 g/mol. The van der Waals surface area contributed by atoms with Crippen molar-refractivity contribution in [3.8, 4) is 11.4 Å². The van der Waals surface area contributed by atoms with Crippen LogP contribution in [-0.2, 0) is 22.7 Å². The summed E-state index contributed by atoms with van der Waals surface area (Å²) < 4.78 is 57.2. The highest BCUT2D eigenvalue weighted by Crippen LogP contribution is 2.32. The molecule has 0 saturated carbocycles. The number of thioether (sulfide) groups is 1. The summed E-state index contributed by atoms with van der Waals surface area (Å²) in [5, 5.41) is 12.2. The fourth-order valence-electron chi connectivity index (χ4n) is 3.00. The van der Waals surface area contributed by atoms with Crippen molar-refractivity contribution in [1.82, 2.24) is 14.8 Å². The molecule has 3 rings (SSSR count). The number of aromatic nitrogens is 3. The second-order valence-electron chi connectivity index (χ2n) is 7.39. The Morgan fingerprint density at radius 3 is 2.56 bits per heavy atom. The lowest BCUT2D eigenvalue weighted by atomic mass is 10.1. The van der Waals surface area contributed by atoms with Crippen LogP contribution in [0.4, 0.5) is 23.2 Å². The van der Waals surface area contributed by atoms with Gasteiger partial charge in [-0.25, -0.2) is 8.78 Å². The minimum atomic E-state index is -4.22. The molecule has 0 spiro atoms. The largest absolute Gasteiger partial charge is 0.370 e. The highest BCUT2D eigenvalue weighted by molar-refractivity contribution is 7.99. The van der Waals surface area contributed by atoms with Crippen LogP contribution in [0.15, 0.2) is 41.6 Å². The third-order valence-electron chi connectivity index (χ3n) is 4.72. The smallest absolute Gasteiger partial charge is 0.330 e. The van der Waals surface area contributed by atoms with Gasteiger partial charge in [-0.15, -0.1) is 10.2 Å². The number of alkyl halides is 4. The maximum absolute atomic E-state index is 13.1. The molecule has 0 aliphatic rings. The molecule has 0 fully saturated rings. The number of nitrogens with zero attached hydrogens (tertiary/aromatic N) is 3. The molecule has 14 heteroatoms. The Morgan fingerprint density at radius 2 is 1.86 bits per heavy atom. The molecule has 0 unspecified atom stereocenters. The van der Waals surface area contributed by atoms with Gasteiger partial charge in [0.05, 0.1) is 33.1 Å². The van der Waals surface area contributed by atoms with Crippen LogP contribution in [0.3, 0.4) is 0 Å². The van der Waals surface area contributed by atoms with Gasteiger partial charge in [-0.05, 0) is 30.7 Å².